The van der Waals surface area contributed by atoms with Crippen molar-refractivity contribution >= 4 is 0 Å². The molecule has 0 aliphatic heterocycles. The average molecular weight is 235 g/mol. The fraction of sp³-hybridized carbons (Fsp3) is 0.571. The fourth-order valence-electron chi connectivity index (χ4n) is 1.92. The van der Waals surface area contributed by atoms with E-state index in [1.165, 1.54) is 16.7 Å². The molecule has 3 heteroatoms. The number of hydrogen-bond acceptors (Lipinski definition) is 3. The number of hydrogen-bond donors (Lipinski definition) is 2. The molecule has 1 unspecified atom stereocenters. The van der Waals surface area contributed by atoms with Gasteiger partial charge in [0.2, 0.25) is 0 Å². The number of nitrogens with one attached hydrogen (secondary N) is 1. The number of aryl methyl sites for hydroxylation is 2. The van der Waals surface area contributed by atoms with Gasteiger partial charge in [-0.3, -0.25) is 0 Å². The van der Waals surface area contributed by atoms with Crippen LogP contribution in [0.5, 0.6) is 0 Å². The number of nitrogens with zero attached hydrogens (tertiary/aromatic N) is 1. The molecule has 96 valence electrons. The Hall–Kier alpha value is -0.900. The van der Waals surface area contributed by atoms with E-state index in [2.05, 4.69) is 56.4 Å². The Labute approximate surface area is 105 Å². The highest BCUT2D eigenvalue weighted by atomic mass is 15.1. The van der Waals surface area contributed by atoms with Crippen LogP contribution in [0.2, 0.25) is 0 Å². The largest absolute Gasteiger partial charge is 0.329 e. The van der Waals surface area contributed by atoms with Gasteiger partial charge in [0.15, 0.2) is 0 Å². The number of benzene rings is 1. The molecule has 1 aromatic carbocycles. The van der Waals surface area contributed by atoms with Crippen molar-refractivity contribution in [3.05, 3.63) is 34.9 Å². The van der Waals surface area contributed by atoms with Gasteiger partial charge in [-0.05, 0) is 39.1 Å². The van der Waals surface area contributed by atoms with Crippen LogP contribution in [0.25, 0.3) is 0 Å². The molecule has 3 nitrogen and oxygen atoms in total. The molecule has 0 radical (unpaired) electrons. The van der Waals surface area contributed by atoms with Gasteiger partial charge in [-0.25, -0.2) is 0 Å². The topological polar surface area (TPSA) is 41.3 Å². The molecule has 0 saturated heterocycles. The minimum atomic E-state index is 0.259. The summed E-state index contributed by atoms with van der Waals surface area (Å²) in [5, 5.41) is 3.52. The van der Waals surface area contributed by atoms with Gasteiger partial charge in [-0.2, -0.15) is 0 Å². The van der Waals surface area contributed by atoms with Crippen molar-refractivity contribution in [2.45, 2.75) is 19.9 Å². The molecular weight excluding hydrogens is 210 g/mol. The van der Waals surface area contributed by atoms with Crippen LogP contribution in [-0.4, -0.2) is 38.6 Å². The highest BCUT2D eigenvalue weighted by Gasteiger charge is 2.11. The summed E-state index contributed by atoms with van der Waals surface area (Å²) in [5.41, 5.74) is 9.79. The molecule has 1 aromatic rings. The van der Waals surface area contributed by atoms with E-state index >= 15 is 0 Å². The minimum absolute atomic E-state index is 0.259. The highest BCUT2D eigenvalue weighted by molar-refractivity contribution is 5.33. The molecule has 1 rings (SSSR count). The van der Waals surface area contributed by atoms with E-state index in [-0.39, 0.29) is 6.04 Å². The predicted molar refractivity (Wildman–Crippen MR) is 74.3 cm³/mol. The number of rotatable bonds is 6. The zero-order valence-corrected chi connectivity index (χ0v) is 11.5. The molecule has 0 bridgehead atoms. The molecule has 1 atom stereocenters. The van der Waals surface area contributed by atoms with Crippen LogP contribution in [-0.2, 0) is 0 Å². The summed E-state index contributed by atoms with van der Waals surface area (Å²) in [7, 11) is 4.16. The third-order valence-electron chi connectivity index (χ3n) is 3.00. The lowest BCUT2D eigenvalue weighted by Gasteiger charge is -2.21. The first kappa shape index (κ1) is 14.2. The lowest BCUT2D eigenvalue weighted by molar-refractivity contribution is 0.385. The molecule has 0 heterocycles. The Morgan fingerprint density at radius 1 is 1.29 bits per heavy atom. The summed E-state index contributed by atoms with van der Waals surface area (Å²) >= 11 is 0. The number of likely N-dealkylation sites (N-methyl/N-ethyl adjacent to an activating group) is 1. The van der Waals surface area contributed by atoms with Crippen LogP contribution in [0, 0.1) is 13.8 Å². The third kappa shape index (κ3) is 4.46. The summed E-state index contributed by atoms with van der Waals surface area (Å²) in [6, 6.07) is 6.80. The van der Waals surface area contributed by atoms with Gasteiger partial charge >= 0.3 is 0 Å². The number of nitrogens with two attached hydrogens (primary N) is 1. The van der Waals surface area contributed by atoms with Gasteiger partial charge in [-0.1, -0.05) is 23.8 Å². The lowest BCUT2D eigenvalue weighted by Crippen LogP contribution is -2.34. The molecule has 0 aliphatic rings. The van der Waals surface area contributed by atoms with Crippen LogP contribution < -0.4 is 11.1 Å². The standard InChI is InChI=1S/C14H25N3/c1-11-5-6-12(2)13(9-11)14(10-15)16-7-8-17(3)4/h5-6,9,14,16H,7-8,10,15H2,1-4H3. The molecule has 0 spiro atoms. The molecule has 0 amide bonds. The lowest BCUT2D eigenvalue weighted by atomic mass is 9.99. The summed E-state index contributed by atoms with van der Waals surface area (Å²) in [6.07, 6.45) is 0. The van der Waals surface area contributed by atoms with Gasteiger partial charge in [0.25, 0.3) is 0 Å². The molecule has 0 aromatic heterocycles. The molecular formula is C14H25N3. The summed E-state index contributed by atoms with van der Waals surface area (Å²) < 4.78 is 0. The van der Waals surface area contributed by atoms with Crippen LogP contribution in [0.15, 0.2) is 18.2 Å². The quantitative estimate of drug-likeness (QED) is 0.784. The van der Waals surface area contributed by atoms with E-state index < -0.39 is 0 Å². The highest BCUT2D eigenvalue weighted by Crippen LogP contribution is 2.18. The van der Waals surface area contributed by atoms with Crippen molar-refractivity contribution in [1.82, 2.24) is 10.2 Å². The van der Waals surface area contributed by atoms with Crippen LogP contribution in [0.4, 0.5) is 0 Å². The zero-order chi connectivity index (χ0) is 12.8. The van der Waals surface area contributed by atoms with E-state index in [4.69, 9.17) is 5.73 Å². The maximum absolute atomic E-state index is 5.86. The maximum atomic E-state index is 5.86. The van der Waals surface area contributed by atoms with Gasteiger partial charge < -0.3 is 16.0 Å². The monoisotopic (exact) mass is 235 g/mol. The van der Waals surface area contributed by atoms with Crippen molar-refractivity contribution in [2.24, 2.45) is 5.73 Å². The molecule has 0 saturated carbocycles. The van der Waals surface area contributed by atoms with E-state index in [1.54, 1.807) is 0 Å². The second-order valence-corrected chi connectivity index (χ2v) is 4.91. The first-order valence-electron chi connectivity index (χ1n) is 6.20. The smallest absolute Gasteiger partial charge is 0.0447 e. The molecule has 3 N–H and O–H groups in total. The van der Waals surface area contributed by atoms with Crippen LogP contribution in [0.1, 0.15) is 22.7 Å². The van der Waals surface area contributed by atoms with E-state index in [0.717, 1.165) is 13.1 Å². The van der Waals surface area contributed by atoms with Crippen molar-refractivity contribution in [1.29, 1.82) is 0 Å². The maximum Gasteiger partial charge on any atom is 0.0447 e. The van der Waals surface area contributed by atoms with Crippen molar-refractivity contribution in [2.75, 3.05) is 33.7 Å². The first-order chi connectivity index (χ1) is 8.04. The minimum Gasteiger partial charge on any atom is -0.329 e. The fourth-order valence-corrected chi connectivity index (χ4v) is 1.92. The van der Waals surface area contributed by atoms with Gasteiger partial charge in [0.05, 0.1) is 0 Å². The molecule has 17 heavy (non-hydrogen) atoms. The summed E-state index contributed by atoms with van der Waals surface area (Å²) in [5.74, 6) is 0. The van der Waals surface area contributed by atoms with E-state index in [9.17, 15) is 0 Å². The molecule has 0 fully saturated rings. The van der Waals surface area contributed by atoms with Crippen LogP contribution in [0.3, 0.4) is 0 Å². The first-order valence-corrected chi connectivity index (χ1v) is 6.20. The van der Waals surface area contributed by atoms with Crippen molar-refractivity contribution in [3.63, 3.8) is 0 Å². The normalized spacial score (nSPS) is 13.1. The Morgan fingerprint density at radius 2 is 2.00 bits per heavy atom. The van der Waals surface area contributed by atoms with Crippen molar-refractivity contribution in [3.8, 4) is 0 Å². The van der Waals surface area contributed by atoms with Gasteiger partial charge in [0.1, 0.15) is 0 Å². The summed E-state index contributed by atoms with van der Waals surface area (Å²) in [4.78, 5) is 2.17. The SMILES string of the molecule is Cc1ccc(C)c(C(CN)NCCN(C)C)c1. The Bertz CT molecular complexity index is 347. The Kier molecular flexibility index (Phi) is 5.62. The van der Waals surface area contributed by atoms with E-state index in [1.807, 2.05) is 0 Å². The average Bonchev–Trinajstić information content (AvgIpc) is 2.28. The van der Waals surface area contributed by atoms with E-state index in [0.29, 0.717) is 6.54 Å². The van der Waals surface area contributed by atoms with Crippen molar-refractivity contribution < 1.29 is 0 Å². The second kappa shape index (κ2) is 6.74. The zero-order valence-electron chi connectivity index (χ0n) is 11.5. The summed E-state index contributed by atoms with van der Waals surface area (Å²) in [6.45, 7) is 6.89. The third-order valence-corrected chi connectivity index (χ3v) is 3.00. The second-order valence-electron chi connectivity index (χ2n) is 4.91. The Morgan fingerprint density at radius 3 is 2.59 bits per heavy atom. The van der Waals surface area contributed by atoms with Gasteiger partial charge in [-0.15, -0.1) is 0 Å². The van der Waals surface area contributed by atoms with Gasteiger partial charge in [0, 0.05) is 25.7 Å². The molecule has 0 aliphatic carbocycles. The van der Waals surface area contributed by atoms with Crippen LogP contribution >= 0.6 is 0 Å². The Balaban J connectivity index is 2.68. The predicted octanol–water partition coefficient (Wildman–Crippen LogP) is 1.45.